The first-order chi connectivity index (χ1) is 13.5. The van der Waals surface area contributed by atoms with E-state index in [2.05, 4.69) is 20.3 Å². The Bertz CT molecular complexity index is 1090. The number of oxazole rings is 1. The number of carbonyl (C=O) groups is 2. The van der Waals surface area contributed by atoms with Crippen LogP contribution in [0, 0.1) is 0 Å². The highest BCUT2D eigenvalue weighted by Crippen LogP contribution is 2.31. The lowest BCUT2D eigenvalue weighted by molar-refractivity contribution is -0.116. The van der Waals surface area contributed by atoms with Crippen molar-refractivity contribution in [3.63, 3.8) is 0 Å². The molecule has 0 spiro atoms. The average molecular weight is 404 g/mol. The van der Waals surface area contributed by atoms with E-state index in [4.69, 9.17) is 9.15 Å². The van der Waals surface area contributed by atoms with Crippen molar-refractivity contribution in [2.75, 3.05) is 19.0 Å². The number of ether oxygens (including phenoxy) is 2. The molecule has 10 nitrogen and oxygen atoms in total. The average Bonchev–Trinajstić information content (AvgIpc) is 3.42. The van der Waals surface area contributed by atoms with Crippen molar-refractivity contribution < 1.29 is 23.5 Å². The summed E-state index contributed by atoms with van der Waals surface area (Å²) in [5.74, 6) is -1.70. The van der Waals surface area contributed by atoms with Crippen molar-refractivity contribution in [3.8, 4) is 0 Å². The number of hydrogen-bond donors (Lipinski definition) is 1. The highest BCUT2D eigenvalue weighted by atomic mass is 32.1. The number of benzene rings is 1. The summed E-state index contributed by atoms with van der Waals surface area (Å²) in [5, 5.41) is 11.7. The first-order valence-electron chi connectivity index (χ1n) is 8.51. The maximum absolute atomic E-state index is 12.3. The molecule has 1 unspecified atom stereocenters. The Balaban J connectivity index is 1.49. The van der Waals surface area contributed by atoms with Crippen molar-refractivity contribution in [1.82, 2.24) is 14.8 Å². The minimum absolute atomic E-state index is 0.0763. The van der Waals surface area contributed by atoms with Crippen LogP contribution in [0.2, 0.25) is 0 Å². The zero-order valence-corrected chi connectivity index (χ0v) is 15.7. The maximum Gasteiger partial charge on any atom is 0.420 e. The fourth-order valence-corrected chi connectivity index (χ4v) is 3.79. The second-order valence-corrected chi connectivity index (χ2v) is 7.13. The van der Waals surface area contributed by atoms with E-state index in [0.717, 1.165) is 12.8 Å². The van der Waals surface area contributed by atoms with Crippen LogP contribution in [0.5, 0.6) is 0 Å². The van der Waals surface area contributed by atoms with Gasteiger partial charge in [-0.15, -0.1) is 10.2 Å². The fraction of sp³-hybridized carbons (Fsp3) is 0.353. The van der Waals surface area contributed by atoms with Gasteiger partial charge < -0.3 is 13.9 Å². The Morgan fingerprint density at radius 2 is 2.25 bits per heavy atom. The van der Waals surface area contributed by atoms with E-state index in [1.165, 1.54) is 41.2 Å². The molecule has 1 atom stereocenters. The molecular formula is C17H16N4O6S. The number of nitrogens with zero attached hydrogens (tertiary/aromatic N) is 3. The van der Waals surface area contributed by atoms with E-state index in [1.54, 1.807) is 0 Å². The Kier molecular flexibility index (Phi) is 4.92. The molecule has 1 aliphatic heterocycles. The van der Waals surface area contributed by atoms with Crippen LogP contribution in [0.1, 0.15) is 34.3 Å². The van der Waals surface area contributed by atoms with Gasteiger partial charge in [-0.25, -0.2) is 9.59 Å². The number of carbonyl (C=O) groups excluding carboxylic acids is 2. The van der Waals surface area contributed by atoms with Crippen molar-refractivity contribution in [3.05, 3.63) is 39.3 Å². The number of fused-ring (bicyclic) bond motifs is 1. The monoisotopic (exact) mass is 404 g/mol. The Hall–Kier alpha value is -3.05. The topological polar surface area (TPSA) is 126 Å². The molecule has 1 aromatic carbocycles. The normalized spacial score (nSPS) is 16.4. The lowest BCUT2D eigenvalue weighted by atomic mass is 10.2. The van der Waals surface area contributed by atoms with Gasteiger partial charge in [-0.3, -0.25) is 14.7 Å². The van der Waals surface area contributed by atoms with Crippen LogP contribution in [0.4, 0.5) is 5.13 Å². The third-order valence-corrected chi connectivity index (χ3v) is 5.21. The summed E-state index contributed by atoms with van der Waals surface area (Å²) in [6.45, 7) is 0.429. The number of rotatable bonds is 5. The predicted molar refractivity (Wildman–Crippen MR) is 98.3 cm³/mol. The molecule has 0 radical (unpaired) electrons. The number of hydrogen-bond acceptors (Lipinski definition) is 9. The van der Waals surface area contributed by atoms with E-state index in [9.17, 15) is 14.4 Å². The molecule has 11 heteroatoms. The minimum atomic E-state index is -0.704. The van der Waals surface area contributed by atoms with Gasteiger partial charge in [0.15, 0.2) is 5.58 Å². The summed E-state index contributed by atoms with van der Waals surface area (Å²) >= 11 is 1.25. The second-order valence-electron chi connectivity index (χ2n) is 6.12. The molecule has 1 amide bonds. The molecule has 1 aliphatic rings. The molecule has 28 heavy (non-hydrogen) atoms. The quantitative estimate of drug-likeness (QED) is 0.637. The molecule has 0 saturated carbocycles. The van der Waals surface area contributed by atoms with E-state index in [0.29, 0.717) is 22.3 Å². The highest BCUT2D eigenvalue weighted by Gasteiger charge is 2.22. The first-order valence-corrected chi connectivity index (χ1v) is 9.33. The van der Waals surface area contributed by atoms with Crippen LogP contribution in [0.25, 0.3) is 11.1 Å². The van der Waals surface area contributed by atoms with E-state index >= 15 is 0 Å². The lowest BCUT2D eigenvalue weighted by Crippen LogP contribution is -2.24. The van der Waals surface area contributed by atoms with Gasteiger partial charge in [0, 0.05) is 6.61 Å². The number of aromatic nitrogens is 3. The van der Waals surface area contributed by atoms with Crippen LogP contribution < -0.4 is 11.1 Å². The second kappa shape index (κ2) is 7.52. The van der Waals surface area contributed by atoms with E-state index in [1.807, 2.05) is 0 Å². The standard InChI is InChI=1S/C17H16N4O6S/c1-25-15(23)9-4-5-10-12(7-9)27-17(24)21(10)8-13(22)18-16-20-19-14(28-16)11-3-2-6-26-11/h4-5,7,11H,2-3,6,8H2,1H3,(H,18,20,22). The Morgan fingerprint density at radius 1 is 1.39 bits per heavy atom. The molecule has 4 rings (SSSR count). The number of nitrogens with one attached hydrogen (secondary N) is 1. The number of methoxy groups -OCH3 is 1. The molecule has 0 bridgehead atoms. The minimum Gasteiger partial charge on any atom is -0.465 e. The molecule has 1 saturated heterocycles. The van der Waals surface area contributed by atoms with Gasteiger partial charge >= 0.3 is 11.7 Å². The molecule has 1 fully saturated rings. The number of anilines is 1. The fourth-order valence-electron chi connectivity index (χ4n) is 2.95. The van der Waals surface area contributed by atoms with Crippen molar-refractivity contribution in [1.29, 1.82) is 0 Å². The van der Waals surface area contributed by atoms with Crippen LogP contribution in [0.15, 0.2) is 27.4 Å². The summed E-state index contributed by atoms with van der Waals surface area (Å²) in [6, 6.07) is 4.42. The van der Waals surface area contributed by atoms with E-state index in [-0.39, 0.29) is 23.8 Å². The van der Waals surface area contributed by atoms with Gasteiger partial charge in [0.1, 0.15) is 17.7 Å². The third-order valence-electron chi connectivity index (χ3n) is 4.28. The molecule has 146 valence electrons. The first kappa shape index (κ1) is 18.3. The summed E-state index contributed by atoms with van der Waals surface area (Å²) in [6.07, 6.45) is 1.78. The number of esters is 1. The largest absolute Gasteiger partial charge is 0.465 e. The summed E-state index contributed by atoms with van der Waals surface area (Å²) < 4.78 is 16.5. The van der Waals surface area contributed by atoms with E-state index < -0.39 is 17.6 Å². The zero-order valence-electron chi connectivity index (χ0n) is 14.8. The van der Waals surface area contributed by atoms with Crippen LogP contribution in [-0.4, -0.2) is 40.4 Å². The van der Waals surface area contributed by atoms with Crippen LogP contribution >= 0.6 is 11.3 Å². The van der Waals surface area contributed by atoms with Gasteiger partial charge in [-0.2, -0.15) is 0 Å². The molecule has 2 aromatic heterocycles. The van der Waals surface area contributed by atoms with Crippen molar-refractivity contribution in [2.24, 2.45) is 0 Å². The molecular weight excluding hydrogens is 388 g/mol. The van der Waals surface area contributed by atoms with Gasteiger partial charge in [0.25, 0.3) is 0 Å². The summed E-state index contributed by atoms with van der Waals surface area (Å²) in [5.41, 5.74) is 0.832. The van der Waals surface area contributed by atoms with Gasteiger partial charge in [0.2, 0.25) is 11.0 Å². The van der Waals surface area contributed by atoms with Gasteiger partial charge in [-0.1, -0.05) is 11.3 Å². The van der Waals surface area contributed by atoms with Crippen LogP contribution in [0.3, 0.4) is 0 Å². The van der Waals surface area contributed by atoms with Crippen molar-refractivity contribution >= 4 is 39.4 Å². The maximum atomic E-state index is 12.3. The Labute approximate surface area is 162 Å². The zero-order chi connectivity index (χ0) is 19.7. The van der Waals surface area contributed by atoms with Crippen LogP contribution in [-0.2, 0) is 20.8 Å². The Morgan fingerprint density at radius 3 is 3.00 bits per heavy atom. The molecule has 0 aliphatic carbocycles. The smallest absolute Gasteiger partial charge is 0.420 e. The van der Waals surface area contributed by atoms with Crippen molar-refractivity contribution in [2.45, 2.75) is 25.5 Å². The SMILES string of the molecule is COC(=O)c1ccc2c(c1)oc(=O)n2CC(=O)Nc1nnc(C2CCCO2)s1. The summed E-state index contributed by atoms with van der Waals surface area (Å²) in [7, 11) is 1.26. The predicted octanol–water partition coefficient (Wildman–Crippen LogP) is 1.72. The molecule has 1 N–H and O–H groups in total. The molecule has 3 heterocycles. The highest BCUT2D eigenvalue weighted by molar-refractivity contribution is 7.15. The van der Waals surface area contributed by atoms with Gasteiger partial charge in [0.05, 0.1) is 18.2 Å². The third kappa shape index (κ3) is 3.53. The lowest BCUT2D eigenvalue weighted by Gasteiger charge is -2.03. The van der Waals surface area contributed by atoms with Gasteiger partial charge in [-0.05, 0) is 31.0 Å². The number of amides is 1. The summed E-state index contributed by atoms with van der Waals surface area (Å²) in [4.78, 5) is 36.1. The molecule has 3 aromatic rings.